The van der Waals surface area contributed by atoms with Crippen LogP contribution in [0.25, 0.3) is 0 Å². The van der Waals surface area contributed by atoms with Gasteiger partial charge in [0.1, 0.15) is 0 Å². The molecule has 0 saturated carbocycles. The van der Waals surface area contributed by atoms with Crippen molar-refractivity contribution in [2.45, 2.75) is 20.3 Å². The average Bonchev–Trinajstić information content (AvgIpc) is 2.69. The van der Waals surface area contributed by atoms with Crippen LogP contribution in [0.2, 0.25) is 0 Å². The number of hydrogen-bond acceptors (Lipinski definition) is 4. The van der Waals surface area contributed by atoms with E-state index in [-0.39, 0.29) is 0 Å². The molecule has 90 valence electrons. The number of hydrogen-bond donors (Lipinski definition) is 2. The lowest BCUT2D eigenvalue weighted by atomic mass is 10.1. The predicted molar refractivity (Wildman–Crippen MR) is 65.4 cm³/mol. The second kappa shape index (κ2) is 6.52. The number of carbonyl (C=O) groups is 2. The molecule has 0 aromatic rings. The number of nitrogens with one attached hydrogen (secondary N) is 2. The van der Waals surface area contributed by atoms with Crippen molar-refractivity contribution in [2.24, 2.45) is 10.9 Å². The van der Waals surface area contributed by atoms with E-state index in [1.807, 2.05) is 0 Å². The molecule has 1 aliphatic rings. The molecule has 0 radical (unpaired) electrons. The van der Waals surface area contributed by atoms with Gasteiger partial charge in [0.15, 0.2) is 5.17 Å². The molecule has 1 rings (SSSR count). The minimum absolute atomic E-state index is 0.512. The van der Waals surface area contributed by atoms with Gasteiger partial charge in [0.2, 0.25) is 0 Å². The third-order valence-electron chi connectivity index (χ3n) is 2.02. The number of amidine groups is 1. The van der Waals surface area contributed by atoms with Crippen molar-refractivity contribution >= 4 is 28.7 Å². The first-order chi connectivity index (χ1) is 7.59. The van der Waals surface area contributed by atoms with E-state index in [4.69, 9.17) is 0 Å². The summed E-state index contributed by atoms with van der Waals surface area (Å²) in [5.41, 5.74) is 0. The van der Waals surface area contributed by atoms with E-state index >= 15 is 0 Å². The van der Waals surface area contributed by atoms with Gasteiger partial charge >= 0.3 is 11.8 Å². The molecular formula is C10H17N3O2S. The zero-order valence-electron chi connectivity index (χ0n) is 9.58. The highest BCUT2D eigenvalue weighted by Crippen LogP contribution is 2.08. The zero-order valence-corrected chi connectivity index (χ0v) is 10.4. The van der Waals surface area contributed by atoms with Crippen LogP contribution in [0.15, 0.2) is 4.99 Å². The van der Waals surface area contributed by atoms with E-state index in [1.54, 1.807) is 0 Å². The Bertz CT molecular complexity index is 302. The molecule has 6 heteroatoms. The van der Waals surface area contributed by atoms with E-state index in [9.17, 15) is 9.59 Å². The van der Waals surface area contributed by atoms with Crippen molar-refractivity contribution in [2.75, 3.05) is 18.8 Å². The molecule has 0 spiro atoms. The van der Waals surface area contributed by atoms with Gasteiger partial charge in [-0.1, -0.05) is 25.6 Å². The average molecular weight is 243 g/mol. The summed E-state index contributed by atoms with van der Waals surface area (Å²) in [4.78, 5) is 26.7. The SMILES string of the molecule is CC(C)CCNC(=O)C(=O)NC1=NCCS1. The first kappa shape index (κ1) is 13.0. The summed E-state index contributed by atoms with van der Waals surface area (Å²) in [7, 11) is 0. The number of amides is 2. The van der Waals surface area contributed by atoms with E-state index in [1.165, 1.54) is 11.8 Å². The lowest BCUT2D eigenvalue weighted by Gasteiger charge is -2.07. The Morgan fingerprint density at radius 3 is 2.75 bits per heavy atom. The number of rotatable bonds is 3. The fourth-order valence-electron chi connectivity index (χ4n) is 1.12. The highest BCUT2D eigenvalue weighted by atomic mass is 32.2. The summed E-state index contributed by atoms with van der Waals surface area (Å²) in [5.74, 6) is 0.163. The van der Waals surface area contributed by atoms with Crippen molar-refractivity contribution in [1.82, 2.24) is 10.6 Å². The van der Waals surface area contributed by atoms with Crippen molar-refractivity contribution in [1.29, 1.82) is 0 Å². The van der Waals surface area contributed by atoms with Gasteiger partial charge in [-0.05, 0) is 12.3 Å². The van der Waals surface area contributed by atoms with Gasteiger partial charge in [0, 0.05) is 12.3 Å². The van der Waals surface area contributed by atoms with Crippen LogP contribution in [0.5, 0.6) is 0 Å². The summed E-state index contributed by atoms with van der Waals surface area (Å²) in [6.45, 7) is 5.37. The van der Waals surface area contributed by atoms with Crippen LogP contribution in [0.3, 0.4) is 0 Å². The number of aliphatic imine (C=N–C) groups is 1. The second-order valence-corrected chi connectivity index (χ2v) is 5.01. The van der Waals surface area contributed by atoms with E-state index in [0.717, 1.165) is 12.2 Å². The maximum atomic E-state index is 11.4. The van der Waals surface area contributed by atoms with Crippen molar-refractivity contribution in [3.05, 3.63) is 0 Å². The third kappa shape index (κ3) is 4.65. The Hall–Kier alpha value is -1.04. The molecule has 1 aliphatic heterocycles. The van der Waals surface area contributed by atoms with E-state index < -0.39 is 11.8 Å². The number of carbonyl (C=O) groups excluding carboxylic acids is 2. The summed E-state index contributed by atoms with van der Waals surface area (Å²) >= 11 is 1.45. The minimum Gasteiger partial charge on any atom is -0.348 e. The summed E-state index contributed by atoms with van der Waals surface area (Å²) in [6, 6.07) is 0. The Balaban J connectivity index is 2.22. The molecule has 2 amide bonds. The molecule has 5 nitrogen and oxygen atoms in total. The largest absolute Gasteiger partial charge is 0.348 e. The standard InChI is InChI=1S/C10H17N3O2S/c1-7(2)3-4-11-8(14)9(15)13-10-12-5-6-16-10/h7H,3-6H2,1-2H3,(H,11,14)(H,12,13,15). The van der Waals surface area contributed by atoms with Gasteiger partial charge < -0.3 is 5.32 Å². The van der Waals surface area contributed by atoms with Crippen LogP contribution >= 0.6 is 11.8 Å². The fourth-order valence-corrected chi connectivity index (χ4v) is 1.84. The van der Waals surface area contributed by atoms with E-state index in [2.05, 4.69) is 29.5 Å². The maximum absolute atomic E-state index is 11.4. The number of thioether (sulfide) groups is 1. The molecule has 16 heavy (non-hydrogen) atoms. The third-order valence-corrected chi connectivity index (χ3v) is 2.91. The predicted octanol–water partition coefficient (Wildman–Crippen LogP) is 0.368. The Morgan fingerprint density at radius 2 is 2.19 bits per heavy atom. The molecule has 0 aromatic carbocycles. The van der Waals surface area contributed by atoms with Crippen LogP contribution < -0.4 is 10.6 Å². The lowest BCUT2D eigenvalue weighted by molar-refractivity contribution is -0.138. The van der Waals surface area contributed by atoms with Gasteiger partial charge in [-0.2, -0.15) is 0 Å². The molecule has 0 bridgehead atoms. The van der Waals surface area contributed by atoms with Crippen molar-refractivity contribution in [3.63, 3.8) is 0 Å². The highest BCUT2D eigenvalue weighted by Gasteiger charge is 2.17. The van der Waals surface area contributed by atoms with Crippen molar-refractivity contribution in [3.8, 4) is 0 Å². The zero-order chi connectivity index (χ0) is 12.0. The van der Waals surface area contributed by atoms with Gasteiger partial charge in [-0.15, -0.1) is 0 Å². The van der Waals surface area contributed by atoms with Crippen molar-refractivity contribution < 1.29 is 9.59 Å². The normalized spacial score (nSPS) is 14.8. The van der Waals surface area contributed by atoms with Crippen LogP contribution in [-0.4, -0.2) is 35.8 Å². The Kier molecular flexibility index (Phi) is 5.31. The van der Waals surface area contributed by atoms with Gasteiger partial charge in [0.05, 0.1) is 6.54 Å². The van der Waals surface area contributed by atoms with Gasteiger partial charge in [-0.3, -0.25) is 19.9 Å². The molecule has 0 unspecified atom stereocenters. The summed E-state index contributed by atoms with van der Waals surface area (Å²) in [5, 5.41) is 5.60. The molecule has 0 atom stereocenters. The maximum Gasteiger partial charge on any atom is 0.315 e. The summed E-state index contributed by atoms with van der Waals surface area (Å²) in [6.07, 6.45) is 0.870. The second-order valence-electron chi connectivity index (χ2n) is 3.93. The summed E-state index contributed by atoms with van der Waals surface area (Å²) < 4.78 is 0. The molecule has 0 fully saturated rings. The molecule has 2 N–H and O–H groups in total. The smallest absolute Gasteiger partial charge is 0.315 e. The molecular weight excluding hydrogens is 226 g/mol. The van der Waals surface area contributed by atoms with Crippen LogP contribution in [0, 0.1) is 5.92 Å². The quantitative estimate of drug-likeness (QED) is 0.703. The van der Waals surface area contributed by atoms with Crippen LogP contribution in [0.1, 0.15) is 20.3 Å². The lowest BCUT2D eigenvalue weighted by Crippen LogP contribution is -2.42. The molecule has 0 saturated heterocycles. The van der Waals surface area contributed by atoms with Gasteiger partial charge in [0.25, 0.3) is 0 Å². The monoisotopic (exact) mass is 243 g/mol. The first-order valence-corrected chi connectivity index (χ1v) is 6.34. The van der Waals surface area contributed by atoms with E-state index in [0.29, 0.717) is 24.2 Å². The fraction of sp³-hybridized carbons (Fsp3) is 0.700. The van der Waals surface area contributed by atoms with Gasteiger partial charge in [-0.25, -0.2) is 0 Å². The molecule has 0 aromatic heterocycles. The first-order valence-electron chi connectivity index (χ1n) is 5.36. The highest BCUT2D eigenvalue weighted by molar-refractivity contribution is 8.14. The van der Waals surface area contributed by atoms with Crippen LogP contribution in [-0.2, 0) is 9.59 Å². The number of nitrogens with zero attached hydrogens (tertiary/aromatic N) is 1. The Morgan fingerprint density at radius 1 is 1.44 bits per heavy atom. The minimum atomic E-state index is -0.628. The molecule has 0 aliphatic carbocycles. The van der Waals surface area contributed by atoms with Crippen LogP contribution in [0.4, 0.5) is 0 Å². The Labute approximate surface area is 99.5 Å². The molecule has 1 heterocycles. The topological polar surface area (TPSA) is 70.6 Å².